The zero-order valence-electron chi connectivity index (χ0n) is 10.9. The second-order valence-electron chi connectivity index (χ2n) is 6.15. The van der Waals surface area contributed by atoms with E-state index in [-0.39, 0.29) is 0 Å². The van der Waals surface area contributed by atoms with Crippen molar-refractivity contribution in [2.24, 2.45) is 10.8 Å². The van der Waals surface area contributed by atoms with Gasteiger partial charge in [-0.1, -0.05) is 53.1 Å². The molecule has 2 rings (SSSR count). The summed E-state index contributed by atoms with van der Waals surface area (Å²) < 4.78 is 0. The first-order valence-electron chi connectivity index (χ1n) is 6.37. The molecule has 16 heavy (non-hydrogen) atoms. The summed E-state index contributed by atoms with van der Waals surface area (Å²) in [7, 11) is 0. The van der Waals surface area contributed by atoms with Gasteiger partial charge in [-0.05, 0) is 44.9 Å². The fourth-order valence-electron chi connectivity index (χ4n) is 3.48. The first-order chi connectivity index (χ1) is 7.40. The van der Waals surface area contributed by atoms with Crippen LogP contribution < -0.4 is 0 Å². The van der Waals surface area contributed by atoms with Crippen LogP contribution in [-0.4, -0.2) is 4.83 Å². The number of halogens is 1. The molecule has 0 aromatic carbocycles. The Morgan fingerprint density at radius 2 is 1.94 bits per heavy atom. The van der Waals surface area contributed by atoms with Crippen LogP contribution in [0.25, 0.3) is 0 Å². The maximum atomic E-state index is 3.90. The van der Waals surface area contributed by atoms with Crippen molar-refractivity contribution in [2.45, 2.75) is 58.2 Å². The molecule has 0 fully saturated rings. The summed E-state index contributed by atoms with van der Waals surface area (Å²) >= 11 is 3.90. The van der Waals surface area contributed by atoms with Gasteiger partial charge in [0.15, 0.2) is 0 Å². The minimum absolute atomic E-state index is 0.364. The lowest BCUT2D eigenvalue weighted by molar-refractivity contribution is 0.0835. The van der Waals surface area contributed by atoms with E-state index in [1.165, 1.54) is 25.7 Å². The molecule has 0 N–H and O–H groups in total. The lowest BCUT2D eigenvalue weighted by Gasteiger charge is -2.54. The molecular formula is C15H23Br. The summed E-state index contributed by atoms with van der Waals surface area (Å²) in [6.07, 6.45) is 9.94. The topological polar surface area (TPSA) is 0 Å². The van der Waals surface area contributed by atoms with Crippen LogP contribution in [0.1, 0.15) is 53.4 Å². The van der Waals surface area contributed by atoms with Crippen molar-refractivity contribution in [3.8, 4) is 0 Å². The number of hydrogen-bond acceptors (Lipinski definition) is 0. The van der Waals surface area contributed by atoms with E-state index < -0.39 is 0 Å². The predicted octanol–water partition coefficient (Wildman–Crippen LogP) is 5.24. The van der Waals surface area contributed by atoms with Gasteiger partial charge in [-0.2, -0.15) is 0 Å². The van der Waals surface area contributed by atoms with Crippen molar-refractivity contribution in [1.29, 1.82) is 0 Å². The van der Waals surface area contributed by atoms with Crippen molar-refractivity contribution >= 4 is 15.9 Å². The Balaban J connectivity index is 2.43. The number of rotatable bonds is 0. The minimum atomic E-state index is 0.364. The Hall–Kier alpha value is -0.0400. The molecule has 0 amide bonds. The van der Waals surface area contributed by atoms with Gasteiger partial charge in [0.2, 0.25) is 0 Å². The normalized spacial score (nSPS) is 38.2. The van der Waals surface area contributed by atoms with Crippen molar-refractivity contribution < 1.29 is 0 Å². The van der Waals surface area contributed by atoms with Crippen LogP contribution >= 0.6 is 15.9 Å². The summed E-state index contributed by atoms with van der Waals surface area (Å²) in [4.78, 5) is 0.621. The molecule has 0 aromatic heterocycles. The largest absolute Gasteiger partial charge is 0.0881 e. The molecule has 0 aromatic rings. The molecule has 0 nitrogen and oxygen atoms in total. The van der Waals surface area contributed by atoms with Gasteiger partial charge in [-0.25, -0.2) is 0 Å². The molecule has 0 saturated heterocycles. The summed E-state index contributed by atoms with van der Waals surface area (Å²) in [5.74, 6) is 0. The Morgan fingerprint density at radius 1 is 1.25 bits per heavy atom. The molecule has 2 aliphatic rings. The summed E-state index contributed by atoms with van der Waals surface area (Å²) in [6.45, 7) is 9.50. The van der Waals surface area contributed by atoms with E-state index in [9.17, 15) is 0 Å². The number of hydrogen-bond donors (Lipinski definition) is 0. The van der Waals surface area contributed by atoms with E-state index >= 15 is 0 Å². The average Bonchev–Trinajstić information content (AvgIpc) is 2.24. The smallest absolute Gasteiger partial charge is 0.0240 e. The van der Waals surface area contributed by atoms with Crippen molar-refractivity contribution in [2.75, 3.05) is 0 Å². The van der Waals surface area contributed by atoms with E-state index in [2.05, 4.69) is 55.8 Å². The van der Waals surface area contributed by atoms with E-state index in [1.54, 1.807) is 11.1 Å². The first-order valence-corrected chi connectivity index (χ1v) is 7.29. The standard InChI is InChI=1S/C15H23Br/c1-11-7-9-15(10-8-11)12(2)5-6-13(16)14(15,3)4/h5,7,13H,6,8-10H2,1-4H3. The van der Waals surface area contributed by atoms with Gasteiger partial charge in [-0.3, -0.25) is 0 Å². The Labute approximate surface area is 108 Å². The Morgan fingerprint density at radius 3 is 2.50 bits per heavy atom. The molecule has 0 radical (unpaired) electrons. The third kappa shape index (κ3) is 1.63. The van der Waals surface area contributed by atoms with Gasteiger partial charge in [0.05, 0.1) is 0 Å². The van der Waals surface area contributed by atoms with Gasteiger partial charge in [-0.15, -0.1) is 0 Å². The van der Waals surface area contributed by atoms with Crippen molar-refractivity contribution in [3.05, 3.63) is 23.3 Å². The van der Waals surface area contributed by atoms with Crippen LogP contribution in [0.3, 0.4) is 0 Å². The highest BCUT2D eigenvalue weighted by Crippen LogP contribution is 2.59. The van der Waals surface area contributed by atoms with Gasteiger partial charge in [0.1, 0.15) is 0 Å². The molecule has 1 spiro atoms. The second kappa shape index (κ2) is 4.01. The van der Waals surface area contributed by atoms with E-state index in [0.29, 0.717) is 15.7 Å². The van der Waals surface area contributed by atoms with Gasteiger partial charge in [0.25, 0.3) is 0 Å². The zero-order chi connectivity index (χ0) is 12.0. The molecular weight excluding hydrogens is 260 g/mol. The van der Waals surface area contributed by atoms with Gasteiger partial charge in [0, 0.05) is 10.2 Å². The van der Waals surface area contributed by atoms with Crippen LogP contribution in [0.5, 0.6) is 0 Å². The summed E-state index contributed by atoms with van der Waals surface area (Å²) in [5, 5.41) is 0. The third-order valence-electron chi connectivity index (χ3n) is 5.15. The minimum Gasteiger partial charge on any atom is -0.0881 e. The summed E-state index contributed by atoms with van der Waals surface area (Å²) in [5.41, 5.74) is 3.96. The van der Waals surface area contributed by atoms with Gasteiger partial charge < -0.3 is 0 Å². The van der Waals surface area contributed by atoms with Crippen LogP contribution in [0, 0.1) is 10.8 Å². The molecule has 0 bridgehead atoms. The lowest BCUT2D eigenvalue weighted by atomic mass is 9.52. The molecule has 2 atom stereocenters. The van der Waals surface area contributed by atoms with E-state index in [0.717, 1.165) is 0 Å². The molecule has 0 heterocycles. The first kappa shape index (κ1) is 12.4. The SMILES string of the molecule is CC1=CCC2(CC1)C(C)=CCC(Br)C2(C)C. The fourth-order valence-corrected chi connectivity index (χ4v) is 4.11. The Kier molecular flexibility index (Phi) is 3.11. The second-order valence-corrected chi connectivity index (χ2v) is 7.25. The monoisotopic (exact) mass is 282 g/mol. The fraction of sp³-hybridized carbons (Fsp3) is 0.733. The Bertz CT molecular complexity index is 348. The van der Waals surface area contributed by atoms with Crippen LogP contribution in [0.15, 0.2) is 23.3 Å². The predicted molar refractivity (Wildman–Crippen MR) is 74.9 cm³/mol. The number of allylic oxidation sites excluding steroid dienone is 4. The lowest BCUT2D eigenvalue weighted by Crippen LogP contribution is -2.47. The van der Waals surface area contributed by atoms with E-state index in [1.807, 2.05) is 0 Å². The quantitative estimate of drug-likeness (QED) is 0.421. The molecule has 90 valence electrons. The van der Waals surface area contributed by atoms with Crippen molar-refractivity contribution in [3.63, 3.8) is 0 Å². The molecule has 0 aliphatic heterocycles. The molecule has 0 saturated carbocycles. The van der Waals surface area contributed by atoms with Crippen molar-refractivity contribution in [1.82, 2.24) is 0 Å². The molecule has 2 aliphatic carbocycles. The van der Waals surface area contributed by atoms with E-state index in [4.69, 9.17) is 0 Å². The van der Waals surface area contributed by atoms with Crippen LogP contribution in [0.4, 0.5) is 0 Å². The number of alkyl halides is 1. The summed E-state index contributed by atoms with van der Waals surface area (Å²) in [6, 6.07) is 0. The third-order valence-corrected chi connectivity index (χ3v) is 6.67. The molecule has 1 heteroatoms. The zero-order valence-corrected chi connectivity index (χ0v) is 12.5. The highest BCUT2D eigenvalue weighted by molar-refractivity contribution is 9.09. The highest BCUT2D eigenvalue weighted by Gasteiger charge is 2.51. The van der Waals surface area contributed by atoms with Crippen LogP contribution in [0.2, 0.25) is 0 Å². The van der Waals surface area contributed by atoms with Gasteiger partial charge >= 0.3 is 0 Å². The maximum absolute atomic E-state index is 3.90. The molecule has 2 unspecified atom stereocenters. The maximum Gasteiger partial charge on any atom is 0.0240 e. The van der Waals surface area contributed by atoms with Crippen LogP contribution in [-0.2, 0) is 0 Å². The average molecular weight is 283 g/mol. The highest BCUT2D eigenvalue weighted by atomic mass is 79.9.